The molecule has 0 spiro atoms. The van der Waals surface area contributed by atoms with Crippen LogP contribution in [0.5, 0.6) is 0 Å². The smallest absolute Gasteiger partial charge is 0.146 e. The van der Waals surface area contributed by atoms with Crippen molar-refractivity contribution in [3.63, 3.8) is 0 Å². The number of ether oxygens (including phenoxy) is 1. The zero-order chi connectivity index (χ0) is 17.1. The maximum absolute atomic E-state index is 14.5. The minimum atomic E-state index is -0.167. The number of benzene rings is 1. The van der Waals surface area contributed by atoms with Crippen LogP contribution in [-0.4, -0.2) is 30.3 Å². The Labute approximate surface area is 146 Å². The quantitative estimate of drug-likeness (QED) is 0.897. The SMILES string of the molecule is Cc1nc(CNCc2ccc(N3C[C@H](C)O[C@@H](C)C3)c(F)c2)cs1. The summed E-state index contributed by atoms with van der Waals surface area (Å²) in [5.41, 5.74) is 2.64. The summed E-state index contributed by atoms with van der Waals surface area (Å²) in [5, 5.41) is 6.43. The summed E-state index contributed by atoms with van der Waals surface area (Å²) >= 11 is 1.64. The van der Waals surface area contributed by atoms with Crippen molar-refractivity contribution < 1.29 is 9.13 Å². The van der Waals surface area contributed by atoms with E-state index >= 15 is 0 Å². The van der Waals surface area contributed by atoms with Crippen LogP contribution < -0.4 is 10.2 Å². The highest BCUT2D eigenvalue weighted by Crippen LogP contribution is 2.24. The number of morpholine rings is 1. The summed E-state index contributed by atoms with van der Waals surface area (Å²) in [6, 6.07) is 5.49. The molecule has 1 aromatic heterocycles. The third-order valence-corrected chi connectivity index (χ3v) is 4.90. The van der Waals surface area contributed by atoms with Crippen molar-refractivity contribution in [2.75, 3.05) is 18.0 Å². The van der Waals surface area contributed by atoms with E-state index in [2.05, 4.69) is 15.2 Å². The summed E-state index contributed by atoms with van der Waals surface area (Å²) in [6.07, 6.45) is 0.243. The van der Waals surface area contributed by atoms with Gasteiger partial charge < -0.3 is 15.0 Å². The van der Waals surface area contributed by atoms with Crippen LogP contribution in [0.4, 0.5) is 10.1 Å². The van der Waals surface area contributed by atoms with E-state index in [1.165, 1.54) is 0 Å². The molecule has 0 aliphatic carbocycles. The minimum Gasteiger partial charge on any atom is -0.372 e. The Hall–Kier alpha value is -1.50. The highest BCUT2D eigenvalue weighted by molar-refractivity contribution is 7.09. The zero-order valence-corrected chi connectivity index (χ0v) is 15.2. The van der Waals surface area contributed by atoms with Gasteiger partial charge in [-0.1, -0.05) is 6.07 Å². The predicted octanol–water partition coefficient (Wildman–Crippen LogP) is 3.49. The van der Waals surface area contributed by atoms with Gasteiger partial charge in [-0.2, -0.15) is 0 Å². The summed E-state index contributed by atoms with van der Waals surface area (Å²) in [5.74, 6) is -0.167. The topological polar surface area (TPSA) is 37.4 Å². The third-order valence-electron chi connectivity index (χ3n) is 4.07. The molecule has 0 unspecified atom stereocenters. The van der Waals surface area contributed by atoms with E-state index in [1.54, 1.807) is 17.4 Å². The first-order valence-corrected chi connectivity index (χ1v) is 9.20. The normalized spacial score (nSPS) is 21.2. The van der Waals surface area contributed by atoms with Gasteiger partial charge in [0, 0.05) is 31.6 Å². The van der Waals surface area contributed by atoms with Gasteiger partial charge in [0.05, 0.1) is 28.6 Å². The maximum atomic E-state index is 14.5. The molecular weight excluding hydrogens is 325 g/mol. The number of thiazole rings is 1. The average molecular weight is 349 g/mol. The number of nitrogens with zero attached hydrogens (tertiary/aromatic N) is 2. The molecule has 130 valence electrons. The summed E-state index contributed by atoms with van der Waals surface area (Å²) in [6.45, 7) is 8.83. The van der Waals surface area contributed by atoms with E-state index < -0.39 is 0 Å². The third kappa shape index (κ3) is 4.32. The molecule has 2 atom stereocenters. The number of halogens is 1. The Kier molecular flexibility index (Phi) is 5.48. The molecule has 0 bridgehead atoms. The first kappa shape index (κ1) is 17.3. The van der Waals surface area contributed by atoms with E-state index in [1.807, 2.05) is 38.3 Å². The first-order valence-electron chi connectivity index (χ1n) is 8.32. The van der Waals surface area contributed by atoms with Gasteiger partial charge in [0.25, 0.3) is 0 Å². The zero-order valence-electron chi connectivity index (χ0n) is 14.4. The van der Waals surface area contributed by atoms with Gasteiger partial charge in [0.15, 0.2) is 0 Å². The van der Waals surface area contributed by atoms with Crippen LogP contribution in [0.3, 0.4) is 0 Å². The van der Waals surface area contributed by atoms with Gasteiger partial charge in [-0.3, -0.25) is 0 Å². The largest absolute Gasteiger partial charge is 0.372 e. The summed E-state index contributed by atoms with van der Waals surface area (Å²) in [4.78, 5) is 6.49. The highest BCUT2D eigenvalue weighted by atomic mass is 32.1. The fourth-order valence-electron chi connectivity index (χ4n) is 3.12. The Morgan fingerprint density at radius 3 is 2.67 bits per heavy atom. The van der Waals surface area contributed by atoms with Crippen molar-refractivity contribution in [1.82, 2.24) is 10.3 Å². The van der Waals surface area contributed by atoms with Crippen LogP contribution in [0.15, 0.2) is 23.6 Å². The molecule has 1 N–H and O–H groups in total. The second-order valence-corrected chi connectivity index (χ2v) is 7.47. The van der Waals surface area contributed by atoms with Crippen LogP contribution in [0.2, 0.25) is 0 Å². The number of aryl methyl sites for hydroxylation is 1. The molecule has 2 aromatic rings. The van der Waals surface area contributed by atoms with Crippen molar-refractivity contribution in [2.45, 2.75) is 46.1 Å². The number of aromatic nitrogens is 1. The molecule has 0 saturated carbocycles. The van der Waals surface area contributed by atoms with Crippen LogP contribution in [0.1, 0.15) is 30.1 Å². The van der Waals surface area contributed by atoms with Gasteiger partial charge in [-0.05, 0) is 38.5 Å². The van der Waals surface area contributed by atoms with Gasteiger partial charge in [-0.15, -0.1) is 11.3 Å². The van der Waals surface area contributed by atoms with Crippen molar-refractivity contribution >= 4 is 17.0 Å². The number of nitrogens with one attached hydrogen (secondary N) is 1. The van der Waals surface area contributed by atoms with E-state index in [0.29, 0.717) is 18.8 Å². The van der Waals surface area contributed by atoms with Crippen molar-refractivity contribution in [1.29, 1.82) is 0 Å². The Morgan fingerprint density at radius 1 is 1.29 bits per heavy atom. The molecule has 1 aliphatic rings. The molecule has 1 saturated heterocycles. The Bertz CT molecular complexity index is 681. The van der Waals surface area contributed by atoms with Crippen LogP contribution in [-0.2, 0) is 17.8 Å². The molecule has 3 rings (SSSR count). The molecule has 24 heavy (non-hydrogen) atoms. The van der Waals surface area contributed by atoms with Gasteiger partial charge in [-0.25, -0.2) is 9.37 Å². The van der Waals surface area contributed by atoms with Gasteiger partial charge in [0.2, 0.25) is 0 Å². The molecule has 0 amide bonds. The number of hydrogen-bond donors (Lipinski definition) is 1. The molecule has 4 nitrogen and oxygen atoms in total. The molecule has 1 fully saturated rings. The van der Waals surface area contributed by atoms with Crippen LogP contribution in [0.25, 0.3) is 0 Å². The Balaban J connectivity index is 1.59. The fourth-order valence-corrected chi connectivity index (χ4v) is 3.73. The van der Waals surface area contributed by atoms with Gasteiger partial charge >= 0.3 is 0 Å². The monoisotopic (exact) mass is 349 g/mol. The molecule has 6 heteroatoms. The number of hydrogen-bond acceptors (Lipinski definition) is 5. The Morgan fingerprint density at radius 2 is 2.04 bits per heavy atom. The maximum Gasteiger partial charge on any atom is 0.146 e. The molecule has 1 aliphatic heterocycles. The number of anilines is 1. The van der Waals surface area contributed by atoms with Gasteiger partial charge in [0.1, 0.15) is 5.82 Å². The first-order chi connectivity index (χ1) is 11.5. The lowest BCUT2D eigenvalue weighted by atomic mass is 10.1. The second-order valence-electron chi connectivity index (χ2n) is 6.41. The molecular formula is C18H24FN3OS. The summed E-state index contributed by atoms with van der Waals surface area (Å²) in [7, 11) is 0. The molecule has 0 radical (unpaired) electrons. The second kappa shape index (κ2) is 7.59. The lowest BCUT2D eigenvalue weighted by molar-refractivity contribution is -0.00539. The standard InChI is InChI=1S/C18H24FN3OS/c1-12-9-22(10-13(2)23-12)18-5-4-15(6-17(18)19)7-20-8-16-11-24-14(3)21-16/h4-6,11-13,20H,7-10H2,1-3H3/t12-,13-/m0/s1. The highest BCUT2D eigenvalue weighted by Gasteiger charge is 2.24. The van der Waals surface area contributed by atoms with E-state index in [4.69, 9.17) is 4.74 Å². The van der Waals surface area contributed by atoms with E-state index in [0.717, 1.165) is 29.4 Å². The number of rotatable bonds is 5. The van der Waals surface area contributed by atoms with Crippen molar-refractivity contribution in [3.05, 3.63) is 45.7 Å². The predicted molar refractivity (Wildman–Crippen MR) is 96.0 cm³/mol. The lowest BCUT2D eigenvalue weighted by Crippen LogP contribution is -2.45. The van der Waals surface area contributed by atoms with E-state index in [9.17, 15) is 4.39 Å². The average Bonchev–Trinajstić information content (AvgIpc) is 2.92. The van der Waals surface area contributed by atoms with Crippen molar-refractivity contribution in [2.24, 2.45) is 0 Å². The van der Waals surface area contributed by atoms with E-state index in [-0.39, 0.29) is 18.0 Å². The summed E-state index contributed by atoms with van der Waals surface area (Å²) < 4.78 is 20.2. The lowest BCUT2D eigenvalue weighted by Gasteiger charge is -2.37. The molecule has 2 heterocycles. The van der Waals surface area contributed by atoms with Crippen LogP contribution >= 0.6 is 11.3 Å². The molecule has 1 aromatic carbocycles. The van der Waals surface area contributed by atoms with Crippen molar-refractivity contribution in [3.8, 4) is 0 Å². The fraction of sp³-hybridized carbons (Fsp3) is 0.500. The minimum absolute atomic E-state index is 0.121. The van der Waals surface area contributed by atoms with Crippen LogP contribution in [0, 0.1) is 12.7 Å².